The summed E-state index contributed by atoms with van der Waals surface area (Å²) >= 11 is 1.72. The SMILES string of the molecule is COc1ncc2c(N3C[C@@H](C)N[C@@H](C)C3)ccc(C(=O)Nc3ccc4nc(C5CC5)sc4c3)c2n1. The second-order valence-electron chi connectivity index (χ2n) is 9.59. The van der Waals surface area contributed by atoms with Gasteiger partial charge in [-0.3, -0.25) is 4.79 Å². The maximum absolute atomic E-state index is 13.4. The molecule has 3 heterocycles. The van der Waals surface area contributed by atoms with Crippen molar-refractivity contribution in [1.29, 1.82) is 0 Å². The predicted molar refractivity (Wildman–Crippen MR) is 140 cm³/mol. The molecule has 1 aliphatic carbocycles. The van der Waals surface area contributed by atoms with Crippen LogP contribution in [0, 0.1) is 0 Å². The molecule has 2 aliphatic rings. The minimum atomic E-state index is -0.212. The Morgan fingerprint density at radius 1 is 1.14 bits per heavy atom. The molecule has 0 bridgehead atoms. The zero-order valence-corrected chi connectivity index (χ0v) is 20.9. The van der Waals surface area contributed by atoms with Gasteiger partial charge in [-0.15, -0.1) is 11.3 Å². The number of carbonyl (C=O) groups is 1. The van der Waals surface area contributed by atoms with Gasteiger partial charge < -0.3 is 20.3 Å². The first-order valence-electron chi connectivity index (χ1n) is 12.0. The number of benzene rings is 2. The van der Waals surface area contributed by atoms with E-state index in [1.54, 1.807) is 17.5 Å². The van der Waals surface area contributed by atoms with Gasteiger partial charge in [0.05, 0.1) is 33.4 Å². The van der Waals surface area contributed by atoms with Crippen LogP contribution in [0.25, 0.3) is 21.1 Å². The summed E-state index contributed by atoms with van der Waals surface area (Å²) in [5, 5.41) is 8.67. The molecular weight excluding hydrogens is 460 g/mol. The van der Waals surface area contributed by atoms with Crippen LogP contribution in [0.3, 0.4) is 0 Å². The Bertz CT molecular complexity index is 1420. The van der Waals surface area contributed by atoms with Crippen molar-refractivity contribution in [2.75, 3.05) is 30.4 Å². The van der Waals surface area contributed by atoms with Crippen LogP contribution in [-0.2, 0) is 0 Å². The van der Waals surface area contributed by atoms with Gasteiger partial charge in [-0.25, -0.2) is 9.97 Å². The average molecular weight is 489 g/mol. The van der Waals surface area contributed by atoms with Gasteiger partial charge in [0.15, 0.2) is 0 Å². The number of anilines is 2. The van der Waals surface area contributed by atoms with Gasteiger partial charge >= 0.3 is 6.01 Å². The highest BCUT2D eigenvalue weighted by Crippen LogP contribution is 2.43. The molecule has 2 N–H and O–H groups in total. The number of hydrogen-bond donors (Lipinski definition) is 2. The summed E-state index contributed by atoms with van der Waals surface area (Å²) in [5.74, 6) is 0.405. The van der Waals surface area contributed by atoms with Crippen molar-refractivity contribution in [2.45, 2.75) is 44.7 Å². The van der Waals surface area contributed by atoms with Crippen LogP contribution >= 0.6 is 11.3 Å². The van der Waals surface area contributed by atoms with E-state index in [9.17, 15) is 4.79 Å². The molecule has 1 saturated heterocycles. The molecule has 180 valence electrons. The van der Waals surface area contributed by atoms with E-state index in [1.807, 2.05) is 30.3 Å². The lowest BCUT2D eigenvalue weighted by atomic mass is 10.0. The number of rotatable bonds is 5. The molecule has 4 aromatic rings. The van der Waals surface area contributed by atoms with E-state index in [0.717, 1.165) is 40.1 Å². The van der Waals surface area contributed by atoms with Crippen molar-refractivity contribution in [3.8, 4) is 6.01 Å². The third-order valence-corrected chi connectivity index (χ3v) is 7.80. The maximum atomic E-state index is 13.4. The third-order valence-electron chi connectivity index (χ3n) is 6.62. The summed E-state index contributed by atoms with van der Waals surface area (Å²) in [6.07, 6.45) is 4.21. The van der Waals surface area contributed by atoms with Crippen molar-refractivity contribution < 1.29 is 9.53 Å². The number of aromatic nitrogens is 3. The molecule has 0 spiro atoms. The first-order chi connectivity index (χ1) is 17.0. The van der Waals surface area contributed by atoms with E-state index < -0.39 is 0 Å². The minimum Gasteiger partial charge on any atom is -0.467 e. The van der Waals surface area contributed by atoms with Crippen molar-refractivity contribution in [2.24, 2.45) is 0 Å². The number of amides is 1. The normalized spacial score (nSPS) is 20.4. The highest BCUT2D eigenvalue weighted by molar-refractivity contribution is 7.18. The van der Waals surface area contributed by atoms with Crippen LogP contribution in [0.1, 0.15) is 48.0 Å². The molecule has 35 heavy (non-hydrogen) atoms. The smallest absolute Gasteiger partial charge is 0.316 e. The molecule has 8 nitrogen and oxygen atoms in total. The topological polar surface area (TPSA) is 92.3 Å². The molecule has 1 amide bonds. The van der Waals surface area contributed by atoms with E-state index in [1.165, 1.54) is 25.0 Å². The number of fused-ring (bicyclic) bond motifs is 2. The van der Waals surface area contributed by atoms with Gasteiger partial charge in [-0.1, -0.05) is 0 Å². The van der Waals surface area contributed by atoms with Crippen LogP contribution in [0.4, 0.5) is 11.4 Å². The third kappa shape index (κ3) is 4.30. The predicted octanol–water partition coefficient (Wildman–Crippen LogP) is 4.56. The molecule has 0 radical (unpaired) electrons. The van der Waals surface area contributed by atoms with E-state index in [-0.39, 0.29) is 11.9 Å². The Morgan fingerprint density at radius 2 is 1.94 bits per heavy atom. The minimum absolute atomic E-state index is 0.212. The standard InChI is InChI=1S/C26H28N6O2S/c1-14-12-32(13-15(2)28-14)21-9-7-18(23-19(21)11-27-26(31-23)34-3)24(33)29-17-6-8-20-22(10-17)35-25(30-20)16-4-5-16/h6-11,14-16,28H,4-5,12-13H2,1-3H3,(H,29,33)/t14-,15+. The second kappa shape index (κ2) is 8.73. The van der Waals surface area contributed by atoms with Gasteiger partial charge in [-0.2, -0.15) is 4.98 Å². The fraction of sp³-hybridized carbons (Fsp3) is 0.385. The molecule has 1 aliphatic heterocycles. The Labute approximate surface area is 207 Å². The first kappa shape index (κ1) is 22.2. The number of hydrogen-bond acceptors (Lipinski definition) is 8. The van der Waals surface area contributed by atoms with Gasteiger partial charge in [0.25, 0.3) is 5.91 Å². The lowest BCUT2D eigenvalue weighted by Gasteiger charge is -2.38. The largest absolute Gasteiger partial charge is 0.467 e. The van der Waals surface area contributed by atoms with Crippen LogP contribution in [0.2, 0.25) is 0 Å². The summed E-state index contributed by atoms with van der Waals surface area (Å²) in [4.78, 5) is 29.4. The van der Waals surface area contributed by atoms with Crippen molar-refractivity contribution >= 4 is 49.7 Å². The van der Waals surface area contributed by atoms with Gasteiger partial charge in [-0.05, 0) is 57.0 Å². The number of ether oxygens (including phenoxy) is 1. The van der Waals surface area contributed by atoms with E-state index >= 15 is 0 Å². The molecule has 9 heteroatoms. The summed E-state index contributed by atoms with van der Waals surface area (Å²) in [6, 6.07) is 10.7. The van der Waals surface area contributed by atoms with E-state index in [4.69, 9.17) is 9.72 Å². The molecule has 2 aromatic heterocycles. The molecule has 2 atom stereocenters. The molecule has 2 fully saturated rings. The zero-order valence-electron chi connectivity index (χ0n) is 20.0. The highest BCUT2D eigenvalue weighted by atomic mass is 32.1. The molecule has 6 rings (SSSR count). The summed E-state index contributed by atoms with van der Waals surface area (Å²) < 4.78 is 6.38. The summed E-state index contributed by atoms with van der Waals surface area (Å²) in [6.45, 7) is 6.10. The van der Waals surface area contributed by atoms with Crippen molar-refractivity contribution in [3.05, 3.63) is 47.1 Å². The first-order valence-corrected chi connectivity index (χ1v) is 12.9. The van der Waals surface area contributed by atoms with Gasteiger partial charge in [0.1, 0.15) is 0 Å². The van der Waals surface area contributed by atoms with E-state index in [2.05, 4.69) is 39.3 Å². The van der Waals surface area contributed by atoms with Gasteiger partial charge in [0, 0.05) is 54.0 Å². The van der Waals surface area contributed by atoms with Crippen molar-refractivity contribution in [3.63, 3.8) is 0 Å². The lowest BCUT2D eigenvalue weighted by Crippen LogP contribution is -2.54. The summed E-state index contributed by atoms with van der Waals surface area (Å²) in [5.41, 5.74) is 3.83. The fourth-order valence-corrected chi connectivity index (χ4v) is 6.07. The molecule has 1 saturated carbocycles. The Kier molecular flexibility index (Phi) is 5.53. The van der Waals surface area contributed by atoms with E-state index in [0.29, 0.717) is 29.1 Å². The Hall–Kier alpha value is -3.30. The number of thiazole rings is 1. The number of piperazine rings is 1. The van der Waals surface area contributed by atoms with Crippen molar-refractivity contribution in [1.82, 2.24) is 20.3 Å². The fourth-order valence-electron chi connectivity index (χ4n) is 4.89. The number of methoxy groups -OCH3 is 1. The second-order valence-corrected chi connectivity index (χ2v) is 10.7. The lowest BCUT2D eigenvalue weighted by molar-refractivity contribution is 0.102. The highest BCUT2D eigenvalue weighted by Gasteiger charge is 2.27. The van der Waals surface area contributed by atoms with Crippen LogP contribution in [0.15, 0.2) is 36.5 Å². The zero-order chi connectivity index (χ0) is 24.1. The molecule has 2 aromatic carbocycles. The van der Waals surface area contributed by atoms with Crippen LogP contribution in [-0.4, -0.2) is 53.1 Å². The monoisotopic (exact) mass is 488 g/mol. The summed E-state index contributed by atoms with van der Waals surface area (Å²) in [7, 11) is 1.53. The Balaban J connectivity index is 1.35. The molecule has 0 unspecified atom stereocenters. The number of nitrogens with one attached hydrogen (secondary N) is 2. The van der Waals surface area contributed by atoms with Crippen LogP contribution < -0.4 is 20.3 Å². The maximum Gasteiger partial charge on any atom is 0.316 e. The average Bonchev–Trinajstić information content (AvgIpc) is 3.61. The van der Waals surface area contributed by atoms with Crippen LogP contribution in [0.5, 0.6) is 6.01 Å². The number of carbonyl (C=O) groups excluding carboxylic acids is 1. The van der Waals surface area contributed by atoms with Gasteiger partial charge in [0.2, 0.25) is 0 Å². The molecular formula is C26H28N6O2S. The Morgan fingerprint density at radius 3 is 2.69 bits per heavy atom. The number of nitrogens with zero attached hydrogens (tertiary/aromatic N) is 4. The quantitative estimate of drug-likeness (QED) is 0.425.